The lowest BCUT2D eigenvalue weighted by molar-refractivity contribution is 0.0918. The number of Topliss-reactive ketones (excluding diaryl/α,β-unsaturated/α-hetero) is 1. The lowest BCUT2D eigenvalue weighted by Gasteiger charge is -2.16. The van der Waals surface area contributed by atoms with Crippen molar-refractivity contribution in [3.8, 4) is 0 Å². The Morgan fingerprint density at radius 2 is 1.61 bits per heavy atom. The van der Waals surface area contributed by atoms with E-state index in [9.17, 15) is 4.79 Å². The van der Waals surface area contributed by atoms with Gasteiger partial charge in [-0.1, -0.05) is 61.5 Å². The molecule has 1 atom stereocenters. The topological polar surface area (TPSA) is 20.3 Å². The van der Waals surface area contributed by atoms with Gasteiger partial charge in [-0.25, -0.2) is 0 Å². The highest BCUT2D eigenvalue weighted by molar-refractivity contribution is 5.99. The molecule has 0 aromatic heterocycles. The van der Waals surface area contributed by atoms with Crippen molar-refractivity contribution in [3.05, 3.63) is 71.3 Å². The average molecular weight is 309 g/mol. The lowest BCUT2D eigenvalue weighted by Crippen LogP contribution is -2.21. The van der Waals surface area contributed by atoms with Gasteiger partial charge in [0.05, 0.1) is 0 Å². The molecule has 2 aromatic rings. The Kier molecular flexibility index (Phi) is 6.54. The van der Waals surface area contributed by atoms with E-state index >= 15 is 0 Å². The first-order chi connectivity index (χ1) is 11.1. The maximum atomic E-state index is 12.8. The van der Waals surface area contributed by atoms with E-state index in [1.807, 2.05) is 45.3 Å². The summed E-state index contributed by atoms with van der Waals surface area (Å²) in [5.41, 5.74) is 3.38. The van der Waals surface area contributed by atoms with Crippen LogP contribution in [0.15, 0.2) is 54.6 Å². The standard InChI is InChI=1S/C21H27NO/c1-17(15-16-22(2)3)21(23)20-12-8-7-11-19(20)14-13-18-9-5-4-6-10-18/h4-12,17H,13-16H2,1-3H3. The summed E-state index contributed by atoms with van der Waals surface area (Å²) in [6, 6.07) is 18.5. The second-order valence-electron chi connectivity index (χ2n) is 6.50. The van der Waals surface area contributed by atoms with Crippen LogP contribution < -0.4 is 0 Å². The number of carbonyl (C=O) groups is 1. The smallest absolute Gasteiger partial charge is 0.165 e. The molecular weight excluding hydrogens is 282 g/mol. The Morgan fingerprint density at radius 1 is 0.957 bits per heavy atom. The quantitative estimate of drug-likeness (QED) is 0.680. The molecule has 2 heteroatoms. The maximum Gasteiger partial charge on any atom is 0.165 e. The minimum absolute atomic E-state index is 0.0651. The van der Waals surface area contributed by atoms with E-state index in [4.69, 9.17) is 0 Å². The van der Waals surface area contributed by atoms with Crippen molar-refractivity contribution in [1.82, 2.24) is 4.90 Å². The average Bonchev–Trinajstić information content (AvgIpc) is 2.58. The van der Waals surface area contributed by atoms with Crippen LogP contribution in [0.25, 0.3) is 0 Å². The molecule has 0 saturated heterocycles. The minimum Gasteiger partial charge on any atom is -0.309 e. The van der Waals surface area contributed by atoms with Crippen molar-refractivity contribution in [2.24, 2.45) is 5.92 Å². The molecule has 0 saturated carbocycles. The number of rotatable bonds is 8. The molecule has 23 heavy (non-hydrogen) atoms. The largest absolute Gasteiger partial charge is 0.309 e. The number of hydrogen-bond acceptors (Lipinski definition) is 2. The molecule has 1 unspecified atom stereocenters. The summed E-state index contributed by atoms with van der Waals surface area (Å²) in [7, 11) is 4.09. The van der Waals surface area contributed by atoms with Crippen LogP contribution in [0.1, 0.15) is 34.8 Å². The summed E-state index contributed by atoms with van der Waals surface area (Å²) >= 11 is 0. The van der Waals surface area contributed by atoms with Crippen LogP contribution in [0.2, 0.25) is 0 Å². The van der Waals surface area contributed by atoms with E-state index in [0.29, 0.717) is 0 Å². The number of carbonyl (C=O) groups excluding carboxylic acids is 1. The molecule has 2 aromatic carbocycles. The van der Waals surface area contributed by atoms with Gasteiger partial charge in [-0.3, -0.25) is 4.79 Å². The number of ketones is 1. The summed E-state index contributed by atoms with van der Waals surface area (Å²) in [5.74, 6) is 0.339. The zero-order valence-corrected chi connectivity index (χ0v) is 14.5. The van der Waals surface area contributed by atoms with Gasteiger partial charge in [-0.05, 0) is 51.0 Å². The zero-order chi connectivity index (χ0) is 16.7. The predicted molar refractivity (Wildman–Crippen MR) is 97.0 cm³/mol. The minimum atomic E-state index is 0.0651. The first-order valence-corrected chi connectivity index (χ1v) is 8.38. The van der Waals surface area contributed by atoms with Gasteiger partial charge in [-0.15, -0.1) is 0 Å². The van der Waals surface area contributed by atoms with Gasteiger partial charge in [0, 0.05) is 11.5 Å². The van der Waals surface area contributed by atoms with Crippen molar-refractivity contribution in [2.75, 3.05) is 20.6 Å². The fourth-order valence-electron chi connectivity index (χ4n) is 2.75. The third-order valence-corrected chi connectivity index (χ3v) is 4.27. The highest BCUT2D eigenvalue weighted by Gasteiger charge is 2.18. The summed E-state index contributed by atoms with van der Waals surface area (Å²) < 4.78 is 0. The number of aryl methyl sites for hydroxylation is 2. The number of benzene rings is 2. The predicted octanol–water partition coefficient (Wildman–Crippen LogP) is 4.24. The van der Waals surface area contributed by atoms with Crippen LogP contribution in [0.5, 0.6) is 0 Å². The molecule has 0 amide bonds. The molecule has 0 aliphatic heterocycles. The van der Waals surface area contributed by atoms with Crippen LogP contribution in [-0.2, 0) is 12.8 Å². The summed E-state index contributed by atoms with van der Waals surface area (Å²) in [5, 5.41) is 0. The van der Waals surface area contributed by atoms with Gasteiger partial charge in [0.15, 0.2) is 5.78 Å². The molecule has 0 N–H and O–H groups in total. The Hall–Kier alpha value is -1.93. The SMILES string of the molecule is CC(CCN(C)C)C(=O)c1ccccc1CCc1ccccc1. The molecule has 0 bridgehead atoms. The fourth-order valence-corrected chi connectivity index (χ4v) is 2.75. The van der Waals surface area contributed by atoms with Crippen molar-refractivity contribution < 1.29 is 4.79 Å². The van der Waals surface area contributed by atoms with Gasteiger partial charge < -0.3 is 4.90 Å². The van der Waals surface area contributed by atoms with Crippen molar-refractivity contribution >= 4 is 5.78 Å². The Morgan fingerprint density at radius 3 is 2.30 bits per heavy atom. The molecule has 0 spiro atoms. The summed E-state index contributed by atoms with van der Waals surface area (Å²) in [6.07, 6.45) is 2.78. The molecule has 0 aliphatic rings. The van der Waals surface area contributed by atoms with Gasteiger partial charge in [-0.2, -0.15) is 0 Å². The second-order valence-corrected chi connectivity index (χ2v) is 6.50. The third kappa shape index (κ3) is 5.33. The van der Waals surface area contributed by atoms with Crippen LogP contribution in [-0.4, -0.2) is 31.3 Å². The molecule has 0 fully saturated rings. The van der Waals surface area contributed by atoms with Crippen LogP contribution in [0.3, 0.4) is 0 Å². The summed E-state index contributed by atoms with van der Waals surface area (Å²) in [4.78, 5) is 14.9. The molecule has 0 heterocycles. The van der Waals surface area contributed by atoms with Crippen LogP contribution in [0.4, 0.5) is 0 Å². The van der Waals surface area contributed by atoms with Gasteiger partial charge in [0.25, 0.3) is 0 Å². The fraction of sp³-hybridized carbons (Fsp3) is 0.381. The molecule has 122 valence electrons. The first-order valence-electron chi connectivity index (χ1n) is 8.38. The second kappa shape index (κ2) is 8.64. The lowest BCUT2D eigenvalue weighted by atomic mass is 9.91. The van der Waals surface area contributed by atoms with E-state index < -0.39 is 0 Å². The van der Waals surface area contributed by atoms with Crippen molar-refractivity contribution in [1.29, 1.82) is 0 Å². The van der Waals surface area contributed by atoms with Gasteiger partial charge >= 0.3 is 0 Å². The Balaban J connectivity index is 2.06. The van der Waals surface area contributed by atoms with Crippen LogP contribution in [0, 0.1) is 5.92 Å². The maximum absolute atomic E-state index is 12.8. The molecule has 0 radical (unpaired) electrons. The monoisotopic (exact) mass is 309 g/mol. The highest BCUT2D eigenvalue weighted by Crippen LogP contribution is 2.18. The molecular formula is C21H27NO. The zero-order valence-electron chi connectivity index (χ0n) is 14.5. The Labute approximate surface area is 140 Å². The third-order valence-electron chi connectivity index (χ3n) is 4.27. The molecule has 0 aliphatic carbocycles. The van der Waals surface area contributed by atoms with E-state index in [1.54, 1.807) is 0 Å². The number of nitrogens with zero attached hydrogens (tertiary/aromatic N) is 1. The first kappa shape index (κ1) is 17.4. The molecule has 2 nitrogen and oxygen atoms in total. The summed E-state index contributed by atoms with van der Waals surface area (Å²) in [6.45, 7) is 2.99. The van der Waals surface area contributed by atoms with Crippen molar-refractivity contribution in [2.45, 2.75) is 26.2 Å². The van der Waals surface area contributed by atoms with Crippen molar-refractivity contribution in [3.63, 3.8) is 0 Å². The van der Waals surface area contributed by atoms with Gasteiger partial charge in [0.2, 0.25) is 0 Å². The molecule has 2 rings (SSSR count). The highest BCUT2D eigenvalue weighted by atomic mass is 16.1. The van der Waals surface area contributed by atoms with E-state index in [2.05, 4.69) is 35.2 Å². The van der Waals surface area contributed by atoms with E-state index in [0.717, 1.165) is 36.9 Å². The van der Waals surface area contributed by atoms with E-state index in [-0.39, 0.29) is 11.7 Å². The van der Waals surface area contributed by atoms with Crippen LogP contribution >= 0.6 is 0 Å². The van der Waals surface area contributed by atoms with Gasteiger partial charge in [0.1, 0.15) is 0 Å². The normalized spacial score (nSPS) is 12.3. The number of hydrogen-bond donors (Lipinski definition) is 0. The van der Waals surface area contributed by atoms with E-state index in [1.165, 1.54) is 5.56 Å². The Bertz CT molecular complexity index is 619.